The van der Waals surface area contributed by atoms with Gasteiger partial charge < -0.3 is 20.5 Å². The minimum Gasteiger partial charge on any atom is -0.496 e. The number of amides is 2. The van der Waals surface area contributed by atoms with E-state index in [9.17, 15) is 9.59 Å². The highest BCUT2D eigenvalue weighted by molar-refractivity contribution is 6.34. The first-order chi connectivity index (χ1) is 9.84. The van der Waals surface area contributed by atoms with Crippen LogP contribution in [0.5, 0.6) is 5.75 Å². The third kappa shape index (κ3) is 3.78. The van der Waals surface area contributed by atoms with Gasteiger partial charge in [-0.15, -0.1) is 0 Å². The molecule has 0 bridgehead atoms. The zero-order chi connectivity index (χ0) is 15.6. The van der Waals surface area contributed by atoms with Crippen LogP contribution in [-0.4, -0.2) is 30.8 Å². The number of rotatable bonds is 5. The predicted molar refractivity (Wildman–Crippen MR) is 79.3 cm³/mol. The fourth-order valence-corrected chi connectivity index (χ4v) is 2.05. The van der Waals surface area contributed by atoms with Gasteiger partial charge in [-0.1, -0.05) is 18.5 Å². The number of hydrogen-bond acceptors (Lipinski definition) is 3. The van der Waals surface area contributed by atoms with Crippen molar-refractivity contribution in [3.63, 3.8) is 0 Å². The molecule has 0 radical (unpaired) electrons. The number of urea groups is 1. The van der Waals surface area contributed by atoms with Crippen LogP contribution in [0.4, 0.5) is 10.5 Å². The van der Waals surface area contributed by atoms with Crippen molar-refractivity contribution < 1.29 is 19.4 Å². The lowest BCUT2D eigenvalue weighted by molar-refractivity contribution is 0.0693. The van der Waals surface area contributed by atoms with E-state index in [0.717, 1.165) is 12.8 Å². The molecular formula is C14H17ClN2O4. The average Bonchev–Trinajstić information content (AvgIpc) is 3.16. The minimum atomic E-state index is -1.15. The highest BCUT2D eigenvalue weighted by atomic mass is 35.5. The molecule has 0 unspecified atom stereocenters. The van der Waals surface area contributed by atoms with E-state index in [4.69, 9.17) is 21.4 Å². The van der Waals surface area contributed by atoms with E-state index in [0.29, 0.717) is 12.2 Å². The molecule has 1 fully saturated rings. The maximum absolute atomic E-state index is 11.8. The van der Waals surface area contributed by atoms with Gasteiger partial charge in [0.05, 0.1) is 17.8 Å². The summed E-state index contributed by atoms with van der Waals surface area (Å²) < 4.78 is 5.00. The van der Waals surface area contributed by atoms with Crippen LogP contribution in [-0.2, 0) is 0 Å². The second-order valence-electron chi connectivity index (χ2n) is 5.46. The number of methoxy groups -OCH3 is 1. The standard InChI is InChI=1S/C14H17ClN2O4/c1-14(3-4-14)7-16-13(20)17-10-6-11(21-2)8(12(18)19)5-9(10)15/h5-6H,3-4,7H2,1-2H3,(H,18,19)(H2,16,17,20). The first-order valence-electron chi connectivity index (χ1n) is 6.50. The van der Waals surface area contributed by atoms with Gasteiger partial charge in [0.2, 0.25) is 0 Å². The summed E-state index contributed by atoms with van der Waals surface area (Å²) in [7, 11) is 1.35. The summed E-state index contributed by atoms with van der Waals surface area (Å²) in [5.41, 5.74) is 0.447. The number of anilines is 1. The van der Waals surface area contributed by atoms with Gasteiger partial charge >= 0.3 is 12.0 Å². The number of carboxylic acid groups (broad SMARTS) is 1. The summed E-state index contributed by atoms with van der Waals surface area (Å²) in [5, 5.41) is 14.5. The molecule has 1 aliphatic carbocycles. The SMILES string of the molecule is COc1cc(NC(=O)NCC2(C)CC2)c(Cl)cc1C(=O)O. The van der Waals surface area contributed by atoms with Crippen molar-refractivity contribution in [3.05, 3.63) is 22.7 Å². The smallest absolute Gasteiger partial charge is 0.339 e. The number of benzene rings is 1. The Morgan fingerprint density at radius 1 is 1.43 bits per heavy atom. The monoisotopic (exact) mass is 312 g/mol. The zero-order valence-electron chi connectivity index (χ0n) is 11.8. The molecule has 21 heavy (non-hydrogen) atoms. The molecule has 0 atom stereocenters. The largest absolute Gasteiger partial charge is 0.496 e. The molecule has 7 heteroatoms. The van der Waals surface area contributed by atoms with Crippen molar-refractivity contribution in [3.8, 4) is 5.75 Å². The molecule has 0 aromatic heterocycles. The Morgan fingerprint density at radius 2 is 2.10 bits per heavy atom. The summed E-state index contributed by atoms with van der Waals surface area (Å²) >= 11 is 5.99. The Bertz CT molecular complexity index is 585. The molecule has 1 aliphatic rings. The van der Waals surface area contributed by atoms with Crippen molar-refractivity contribution in [2.45, 2.75) is 19.8 Å². The fourth-order valence-electron chi connectivity index (χ4n) is 1.84. The van der Waals surface area contributed by atoms with Crippen molar-refractivity contribution in [2.24, 2.45) is 5.41 Å². The molecule has 1 aromatic carbocycles. The van der Waals surface area contributed by atoms with Crippen molar-refractivity contribution in [1.82, 2.24) is 5.32 Å². The van der Waals surface area contributed by atoms with Crippen LogP contribution in [0.15, 0.2) is 12.1 Å². The number of hydrogen-bond donors (Lipinski definition) is 3. The highest BCUT2D eigenvalue weighted by Crippen LogP contribution is 2.44. The van der Waals surface area contributed by atoms with E-state index >= 15 is 0 Å². The van der Waals surface area contributed by atoms with E-state index in [1.54, 1.807) is 0 Å². The van der Waals surface area contributed by atoms with Crippen LogP contribution < -0.4 is 15.4 Å². The summed E-state index contributed by atoms with van der Waals surface area (Å²) in [6, 6.07) is 2.26. The molecule has 114 valence electrons. The van der Waals surface area contributed by atoms with E-state index < -0.39 is 5.97 Å². The van der Waals surface area contributed by atoms with Crippen LogP contribution in [0.3, 0.4) is 0 Å². The van der Waals surface area contributed by atoms with Crippen molar-refractivity contribution in [2.75, 3.05) is 19.0 Å². The third-order valence-corrected chi connectivity index (χ3v) is 3.86. The number of ether oxygens (including phenoxy) is 1. The third-order valence-electron chi connectivity index (χ3n) is 3.55. The van der Waals surface area contributed by atoms with Gasteiger partial charge in [-0.3, -0.25) is 0 Å². The van der Waals surface area contributed by atoms with Gasteiger partial charge in [0.15, 0.2) is 0 Å². The number of carboxylic acids is 1. The summed E-state index contributed by atoms with van der Waals surface area (Å²) in [6.07, 6.45) is 2.21. The van der Waals surface area contributed by atoms with E-state index in [-0.39, 0.29) is 27.8 Å². The summed E-state index contributed by atoms with van der Waals surface area (Å²) in [4.78, 5) is 22.9. The Morgan fingerprint density at radius 3 is 2.62 bits per heavy atom. The topological polar surface area (TPSA) is 87.7 Å². The molecule has 0 spiro atoms. The molecule has 6 nitrogen and oxygen atoms in total. The normalized spacial score (nSPS) is 15.2. The van der Waals surface area contributed by atoms with Crippen LogP contribution in [0, 0.1) is 5.41 Å². The van der Waals surface area contributed by atoms with Crippen LogP contribution in [0.25, 0.3) is 0 Å². The molecule has 0 saturated heterocycles. The molecule has 2 rings (SSSR count). The highest BCUT2D eigenvalue weighted by Gasteiger charge is 2.37. The number of halogens is 1. The first-order valence-corrected chi connectivity index (χ1v) is 6.88. The van der Waals surface area contributed by atoms with E-state index in [2.05, 4.69) is 17.6 Å². The molecular weight excluding hydrogens is 296 g/mol. The van der Waals surface area contributed by atoms with Crippen molar-refractivity contribution in [1.29, 1.82) is 0 Å². The number of carbonyl (C=O) groups is 2. The zero-order valence-corrected chi connectivity index (χ0v) is 12.6. The first kappa shape index (κ1) is 15.4. The lowest BCUT2D eigenvalue weighted by Crippen LogP contribution is -2.33. The quantitative estimate of drug-likeness (QED) is 0.780. The van der Waals surface area contributed by atoms with E-state index in [1.165, 1.54) is 19.2 Å². The van der Waals surface area contributed by atoms with Gasteiger partial charge in [-0.2, -0.15) is 0 Å². The van der Waals surface area contributed by atoms with E-state index in [1.807, 2.05) is 0 Å². The summed E-state index contributed by atoms with van der Waals surface area (Å²) in [5.74, 6) is -1.01. The Balaban J connectivity index is 2.08. The van der Waals surface area contributed by atoms with Gasteiger partial charge in [0.25, 0.3) is 0 Å². The number of aromatic carboxylic acids is 1. The van der Waals surface area contributed by atoms with Crippen LogP contribution in [0.1, 0.15) is 30.1 Å². The van der Waals surface area contributed by atoms with Gasteiger partial charge in [-0.05, 0) is 24.3 Å². The van der Waals surface area contributed by atoms with Crippen LogP contribution in [0.2, 0.25) is 5.02 Å². The second kappa shape index (κ2) is 5.81. The number of carbonyl (C=O) groups excluding carboxylic acids is 1. The predicted octanol–water partition coefficient (Wildman–Crippen LogP) is 2.97. The Hall–Kier alpha value is -1.95. The average molecular weight is 313 g/mol. The van der Waals surface area contributed by atoms with Crippen LogP contribution >= 0.6 is 11.6 Å². The van der Waals surface area contributed by atoms with Gasteiger partial charge in [0, 0.05) is 12.6 Å². The molecule has 1 saturated carbocycles. The molecule has 0 aliphatic heterocycles. The molecule has 3 N–H and O–H groups in total. The maximum Gasteiger partial charge on any atom is 0.339 e. The lowest BCUT2D eigenvalue weighted by atomic mass is 10.1. The fraction of sp³-hybridized carbons (Fsp3) is 0.429. The number of nitrogens with one attached hydrogen (secondary N) is 2. The maximum atomic E-state index is 11.8. The Kier molecular flexibility index (Phi) is 4.27. The van der Waals surface area contributed by atoms with Crippen molar-refractivity contribution >= 4 is 29.3 Å². The lowest BCUT2D eigenvalue weighted by Gasteiger charge is -2.14. The Labute approximate surface area is 127 Å². The molecule has 0 heterocycles. The van der Waals surface area contributed by atoms with Gasteiger partial charge in [0.1, 0.15) is 11.3 Å². The second-order valence-corrected chi connectivity index (χ2v) is 5.86. The van der Waals surface area contributed by atoms with Gasteiger partial charge in [-0.25, -0.2) is 9.59 Å². The minimum absolute atomic E-state index is 0.0565. The molecule has 1 aromatic rings. The molecule has 2 amide bonds. The summed E-state index contributed by atoms with van der Waals surface area (Å²) in [6.45, 7) is 2.70.